The van der Waals surface area contributed by atoms with E-state index in [1.807, 2.05) is 6.92 Å². The van der Waals surface area contributed by atoms with Gasteiger partial charge in [-0.05, 0) is 19.1 Å². The number of nitrogens with zero attached hydrogens (tertiary/aromatic N) is 1. The van der Waals surface area contributed by atoms with E-state index in [4.69, 9.17) is 14.2 Å². The molecule has 0 aromatic heterocycles. The van der Waals surface area contributed by atoms with Gasteiger partial charge >= 0.3 is 5.97 Å². The van der Waals surface area contributed by atoms with Gasteiger partial charge in [0.15, 0.2) is 11.5 Å². The highest BCUT2D eigenvalue weighted by Crippen LogP contribution is 2.34. The van der Waals surface area contributed by atoms with Crippen LogP contribution in [-0.2, 0) is 14.3 Å². The highest BCUT2D eigenvalue weighted by atomic mass is 16.5. The lowest BCUT2D eigenvalue weighted by atomic mass is 10.1. The van der Waals surface area contributed by atoms with Crippen LogP contribution >= 0.6 is 0 Å². The highest BCUT2D eigenvalue weighted by Gasteiger charge is 2.29. The summed E-state index contributed by atoms with van der Waals surface area (Å²) in [7, 11) is 4.21. The molecule has 2 amide bonds. The van der Waals surface area contributed by atoms with Crippen molar-refractivity contribution in [2.24, 2.45) is 0 Å². The minimum Gasteiger partial charge on any atom is -0.493 e. The van der Waals surface area contributed by atoms with E-state index in [0.29, 0.717) is 28.6 Å². The van der Waals surface area contributed by atoms with E-state index in [2.05, 4.69) is 10.6 Å². The summed E-state index contributed by atoms with van der Waals surface area (Å²) in [6.07, 6.45) is 0.171. The monoisotopic (exact) mass is 427 g/mol. The average Bonchev–Trinajstić information content (AvgIpc) is 2.90. The summed E-state index contributed by atoms with van der Waals surface area (Å²) < 4.78 is 15.4. The van der Waals surface area contributed by atoms with Gasteiger partial charge < -0.3 is 29.7 Å². The van der Waals surface area contributed by atoms with Crippen molar-refractivity contribution in [3.8, 4) is 11.5 Å². The van der Waals surface area contributed by atoms with Gasteiger partial charge in [-0.3, -0.25) is 9.59 Å². The molecule has 0 radical (unpaired) electrons. The largest absolute Gasteiger partial charge is 0.493 e. The number of carbonyl (C=O) groups is 3. The Hall–Kier alpha value is -3.75. The molecule has 9 nitrogen and oxygen atoms in total. The molecule has 0 bridgehead atoms. The fourth-order valence-electron chi connectivity index (χ4n) is 3.53. The molecular formula is C22H25N3O6. The lowest BCUT2D eigenvalue weighted by Crippen LogP contribution is -2.42. The Labute approximate surface area is 180 Å². The van der Waals surface area contributed by atoms with Crippen LogP contribution in [0.3, 0.4) is 0 Å². The Morgan fingerprint density at radius 1 is 1.13 bits per heavy atom. The molecule has 2 N–H and O–H groups in total. The second kappa shape index (κ2) is 9.38. The highest BCUT2D eigenvalue weighted by molar-refractivity contribution is 6.06. The molecular weight excluding hydrogens is 402 g/mol. The van der Waals surface area contributed by atoms with Crippen LogP contribution in [0.25, 0.3) is 0 Å². The van der Waals surface area contributed by atoms with Crippen molar-refractivity contribution >= 4 is 34.8 Å². The normalized spacial score (nSPS) is 15.3. The van der Waals surface area contributed by atoms with Crippen molar-refractivity contribution < 1.29 is 28.6 Å². The molecule has 164 valence electrons. The predicted octanol–water partition coefficient (Wildman–Crippen LogP) is 2.67. The Morgan fingerprint density at radius 2 is 1.81 bits per heavy atom. The van der Waals surface area contributed by atoms with E-state index in [-0.39, 0.29) is 36.4 Å². The average molecular weight is 427 g/mol. The summed E-state index contributed by atoms with van der Waals surface area (Å²) in [5, 5.41) is 5.83. The number of hydrogen-bond acceptors (Lipinski definition) is 7. The molecule has 0 saturated heterocycles. The number of esters is 1. The van der Waals surface area contributed by atoms with Gasteiger partial charge in [0.25, 0.3) is 0 Å². The van der Waals surface area contributed by atoms with Crippen molar-refractivity contribution in [1.29, 1.82) is 0 Å². The van der Waals surface area contributed by atoms with Crippen LogP contribution in [0.5, 0.6) is 11.5 Å². The Balaban J connectivity index is 1.89. The smallest absolute Gasteiger partial charge is 0.340 e. The molecule has 0 unspecified atom stereocenters. The number of ether oxygens (including phenoxy) is 3. The number of benzene rings is 2. The molecule has 1 aliphatic rings. The van der Waals surface area contributed by atoms with E-state index >= 15 is 0 Å². The van der Waals surface area contributed by atoms with Gasteiger partial charge in [-0.2, -0.15) is 0 Å². The first-order valence-electron chi connectivity index (χ1n) is 9.68. The van der Waals surface area contributed by atoms with Crippen LogP contribution in [0, 0.1) is 0 Å². The molecule has 2 aromatic rings. The van der Waals surface area contributed by atoms with Crippen LogP contribution in [-0.4, -0.2) is 51.7 Å². The first kappa shape index (κ1) is 21.9. The predicted molar refractivity (Wildman–Crippen MR) is 116 cm³/mol. The quantitative estimate of drug-likeness (QED) is 0.683. The van der Waals surface area contributed by atoms with Gasteiger partial charge in [-0.1, -0.05) is 12.1 Å². The third kappa shape index (κ3) is 4.55. The lowest BCUT2D eigenvalue weighted by Gasteiger charge is -2.28. The lowest BCUT2D eigenvalue weighted by molar-refractivity contribution is -0.118. The maximum Gasteiger partial charge on any atom is 0.340 e. The number of nitrogens with one attached hydrogen (secondary N) is 2. The van der Waals surface area contributed by atoms with E-state index in [9.17, 15) is 14.4 Å². The minimum absolute atomic E-state index is 0.119. The number of anilines is 3. The first-order valence-corrected chi connectivity index (χ1v) is 9.68. The standard InChI is InChI=1S/C22H25N3O6/c1-13-9-20(26)24-15-7-5-6-8-17(15)25(13)21(27)12-23-16-11-19(30-3)18(29-2)10-14(16)22(28)31-4/h5-8,10-11,13,23H,9,12H2,1-4H3,(H,24,26)/t13-/m1/s1. The number of rotatable bonds is 6. The van der Waals surface area contributed by atoms with Crippen LogP contribution in [0.15, 0.2) is 36.4 Å². The molecule has 1 atom stereocenters. The van der Waals surface area contributed by atoms with E-state index in [0.717, 1.165) is 0 Å². The zero-order chi connectivity index (χ0) is 22.5. The summed E-state index contributed by atoms with van der Waals surface area (Å²) in [5.74, 6) is -0.245. The van der Waals surface area contributed by atoms with E-state index in [1.54, 1.807) is 35.2 Å². The Kier molecular flexibility index (Phi) is 6.64. The van der Waals surface area contributed by atoms with Gasteiger partial charge in [0, 0.05) is 24.6 Å². The van der Waals surface area contributed by atoms with Gasteiger partial charge in [0.1, 0.15) is 0 Å². The molecule has 0 spiro atoms. The second-order valence-corrected chi connectivity index (χ2v) is 6.98. The number of methoxy groups -OCH3 is 3. The van der Waals surface area contributed by atoms with Gasteiger partial charge in [0.05, 0.1) is 50.5 Å². The van der Waals surface area contributed by atoms with Crippen molar-refractivity contribution in [2.45, 2.75) is 19.4 Å². The van der Waals surface area contributed by atoms with E-state index in [1.165, 1.54) is 27.4 Å². The number of hydrogen-bond donors (Lipinski definition) is 2. The molecule has 9 heteroatoms. The third-order valence-electron chi connectivity index (χ3n) is 4.99. The fourth-order valence-corrected chi connectivity index (χ4v) is 3.53. The number of para-hydroxylation sites is 2. The van der Waals surface area contributed by atoms with Crippen molar-refractivity contribution in [1.82, 2.24) is 0 Å². The summed E-state index contributed by atoms with van der Waals surface area (Å²) in [4.78, 5) is 39.2. The zero-order valence-electron chi connectivity index (χ0n) is 17.9. The number of amides is 2. The molecule has 31 heavy (non-hydrogen) atoms. The number of fused-ring (bicyclic) bond motifs is 1. The molecule has 1 aliphatic heterocycles. The van der Waals surface area contributed by atoms with Crippen LogP contribution in [0.1, 0.15) is 23.7 Å². The molecule has 3 rings (SSSR count). The number of carbonyl (C=O) groups excluding carboxylic acids is 3. The SMILES string of the molecule is COC(=O)c1cc(OC)c(OC)cc1NCC(=O)N1c2ccccc2NC(=O)C[C@H]1C. The van der Waals surface area contributed by atoms with Gasteiger partial charge in [0.2, 0.25) is 11.8 Å². The molecule has 2 aromatic carbocycles. The van der Waals surface area contributed by atoms with Crippen molar-refractivity contribution in [2.75, 3.05) is 43.4 Å². The molecule has 0 saturated carbocycles. The van der Waals surface area contributed by atoms with E-state index < -0.39 is 5.97 Å². The Morgan fingerprint density at radius 3 is 2.48 bits per heavy atom. The first-order chi connectivity index (χ1) is 14.9. The summed E-state index contributed by atoms with van der Waals surface area (Å²) in [5.41, 5.74) is 1.76. The zero-order valence-corrected chi connectivity index (χ0v) is 17.9. The maximum absolute atomic E-state index is 13.2. The second-order valence-electron chi connectivity index (χ2n) is 6.98. The third-order valence-corrected chi connectivity index (χ3v) is 4.99. The van der Waals surface area contributed by atoms with Crippen molar-refractivity contribution in [3.05, 3.63) is 42.0 Å². The molecule has 0 aliphatic carbocycles. The van der Waals surface area contributed by atoms with Gasteiger partial charge in [-0.15, -0.1) is 0 Å². The molecule has 1 heterocycles. The van der Waals surface area contributed by atoms with Crippen LogP contribution in [0.2, 0.25) is 0 Å². The maximum atomic E-state index is 13.2. The summed E-state index contributed by atoms with van der Waals surface area (Å²) >= 11 is 0. The summed E-state index contributed by atoms with van der Waals surface area (Å²) in [6, 6.07) is 9.85. The minimum atomic E-state index is -0.584. The van der Waals surface area contributed by atoms with Gasteiger partial charge in [-0.25, -0.2) is 4.79 Å². The summed E-state index contributed by atoms with van der Waals surface area (Å²) in [6.45, 7) is 1.70. The molecule has 0 fully saturated rings. The van der Waals surface area contributed by atoms with Crippen molar-refractivity contribution in [3.63, 3.8) is 0 Å². The van der Waals surface area contributed by atoms with Crippen LogP contribution in [0.4, 0.5) is 17.1 Å². The topological polar surface area (TPSA) is 106 Å². The van der Waals surface area contributed by atoms with Crippen LogP contribution < -0.4 is 25.0 Å². The Bertz CT molecular complexity index is 1010. The fraction of sp³-hybridized carbons (Fsp3) is 0.318.